The van der Waals surface area contributed by atoms with Crippen LogP contribution in [-0.2, 0) is 17.9 Å². The summed E-state index contributed by atoms with van der Waals surface area (Å²) >= 11 is 6.91. The van der Waals surface area contributed by atoms with E-state index in [1.807, 2.05) is 34.2 Å². The highest BCUT2D eigenvalue weighted by Crippen LogP contribution is 2.22. The van der Waals surface area contributed by atoms with Gasteiger partial charge in [-0.2, -0.15) is 5.10 Å². The minimum Gasteiger partial charge on any atom is -0.356 e. The normalized spacial score (nSPS) is 11.1. The Bertz CT molecular complexity index is 1120. The number of para-hydroxylation sites is 1. The topological polar surface area (TPSA) is 67.6 Å². The van der Waals surface area contributed by atoms with E-state index in [0.717, 1.165) is 23.7 Å². The van der Waals surface area contributed by atoms with Crippen LogP contribution in [0.3, 0.4) is 0 Å². The fourth-order valence-electron chi connectivity index (χ4n) is 3.23. The first-order valence-electron chi connectivity index (χ1n) is 9.22. The molecule has 1 aromatic carbocycles. The molecule has 2 N–H and O–H groups in total. The van der Waals surface area contributed by atoms with Gasteiger partial charge in [0.15, 0.2) is 10.6 Å². The molecule has 6 nitrogen and oxygen atoms in total. The zero-order chi connectivity index (χ0) is 19.3. The molecule has 1 amide bonds. The molecule has 0 spiro atoms. The number of nitrogens with one attached hydrogen (secondary N) is 2. The summed E-state index contributed by atoms with van der Waals surface area (Å²) in [4.78, 5) is 13.3. The Hall–Kier alpha value is -2.71. The van der Waals surface area contributed by atoms with Crippen molar-refractivity contribution in [1.82, 2.24) is 24.6 Å². The second-order valence-electron chi connectivity index (χ2n) is 6.50. The van der Waals surface area contributed by atoms with E-state index in [1.165, 1.54) is 10.9 Å². The van der Waals surface area contributed by atoms with Gasteiger partial charge in [-0.1, -0.05) is 24.3 Å². The number of hydrogen-bond donors (Lipinski definition) is 2. The lowest BCUT2D eigenvalue weighted by Gasteiger charge is -2.08. The number of carbonyl (C=O) groups excluding carboxylic acids is 1. The van der Waals surface area contributed by atoms with Crippen LogP contribution in [0.2, 0.25) is 0 Å². The average Bonchev–Trinajstić information content (AvgIpc) is 3.44. The van der Waals surface area contributed by atoms with E-state index in [2.05, 4.69) is 44.5 Å². The number of aromatic amines is 1. The number of nitrogens with zero attached hydrogens (tertiary/aromatic N) is 3. The maximum atomic E-state index is 12.2. The summed E-state index contributed by atoms with van der Waals surface area (Å²) in [5.41, 5.74) is 1.23. The molecule has 28 heavy (non-hydrogen) atoms. The first kappa shape index (κ1) is 18.6. The second kappa shape index (κ2) is 8.53. The highest BCUT2D eigenvalue weighted by molar-refractivity contribution is 7.71. The van der Waals surface area contributed by atoms with Gasteiger partial charge < -0.3 is 9.88 Å². The van der Waals surface area contributed by atoms with Gasteiger partial charge in [0.1, 0.15) is 0 Å². The van der Waals surface area contributed by atoms with E-state index < -0.39 is 0 Å². The zero-order valence-corrected chi connectivity index (χ0v) is 16.9. The van der Waals surface area contributed by atoms with Gasteiger partial charge in [-0.15, -0.1) is 11.3 Å². The van der Waals surface area contributed by atoms with Crippen LogP contribution in [0.4, 0.5) is 0 Å². The van der Waals surface area contributed by atoms with Crippen molar-refractivity contribution in [3.63, 3.8) is 0 Å². The highest BCUT2D eigenvalue weighted by atomic mass is 32.1. The number of rotatable bonds is 8. The molecule has 0 saturated heterocycles. The summed E-state index contributed by atoms with van der Waals surface area (Å²) in [5.74, 6) is 0.810. The standard InChI is InChI=1S/C20H21N5OS2/c26-18(9-13-25-19(22-23-20(25)27)17-7-3-14-28-17)21-10-4-11-24-12-8-15-5-1-2-6-16(15)24/h1-3,5-8,12,14H,4,9-11,13H2,(H,21,26)(H,23,27). The molecule has 0 saturated carbocycles. The highest BCUT2D eigenvalue weighted by Gasteiger charge is 2.11. The molecule has 0 aliphatic rings. The minimum absolute atomic E-state index is 0.0255. The molecule has 0 atom stereocenters. The predicted molar refractivity (Wildman–Crippen MR) is 115 cm³/mol. The van der Waals surface area contributed by atoms with Gasteiger partial charge in [0.25, 0.3) is 0 Å². The van der Waals surface area contributed by atoms with Crippen molar-refractivity contribution >= 4 is 40.4 Å². The minimum atomic E-state index is 0.0255. The molecule has 4 aromatic rings. The number of aromatic nitrogens is 4. The van der Waals surface area contributed by atoms with Crippen molar-refractivity contribution in [3.8, 4) is 10.7 Å². The molecule has 4 rings (SSSR count). The van der Waals surface area contributed by atoms with Gasteiger partial charge in [0, 0.05) is 37.8 Å². The van der Waals surface area contributed by atoms with Crippen LogP contribution in [0.15, 0.2) is 54.0 Å². The monoisotopic (exact) mass is 411 g/mol. The molecular formula is C20H21N5OS2. The van der Waals surface area contributed by atoms with E-state index in [0.29, 0.717) is 24.3 Å². The average molecular weight is 412 g/mol. The van der Waals surface area contributed by atoms with E-state index in [9.17, 15) is 4.79 Å². The smallest absolute Gasteiger partial charge is 0.221 e. The van der Waals surface area contributed by atoms with Gasteiger partial charge in [-0.25, -0.2) is 0 Å². The number of fused-ring (bicyclic) bond motifs is 1. The van der Waals surface area contributed by atoms with Crippen LogP contribution in [0.25, 0.3) is 21.6 Å². The Morgan fingerprint density at radius 2 is 2.07 bits per heavy atom. The lowest BCUT2D eigenvalue weighted by atomic mass is 10.2. The van der Waals surface area contributed by atoms with Crippen molar-refractivity contribution in [2.24, 2.45) is 0 Å². The Morgan fingerprint density at radius 3 is 2.93 bits per heavy atom. The molecule has 0 bridgehead atoms. The largest absolute Gasteiger partial charge is 0.356 e. The number of carbonyl (C=O) groups is 1. The number of thiophene rings is 1. The molecule has 3 heterocycles. The van der Waals surface area contributed by atoms with Crippen molar-refractivity contribution < 1.29 is 4.79 Å². The number of hydrogen-bond acceptors (Lipinski definition) is 4. The van der Waals surface area contributed by atoms with Gasteiger partial charge in [0.2, 0.25) is 5.91 Å². The van der Waals surface area contributed by atoms with Crippen molar-refractivity contribution in [1.29, 1.82) is 0 Å². The molecule has 0 unspecified atom stereocenters. The number of aryl methyl sites for hydroxylation is 1. The van der Waals surface area contributed by atoms with Crippen molar-refractivity contribution in [3.05, 3.63) is 58.8 Å². The lowest BCUT2D eigenvalue weighted by molar-refractivity contribution is -0.121. The molecule has 0 fully saturated rings. The molecular weight excluding hydrogens is 390 g/mol. The Balaban J connectivity index is 1.26. The lowest BCUT2D eigenvalue weighted by Crippen LogP contribution is -2.26. The van der Waals surface area contributed by atoms with E-state index in [4.69, 9.17) is 12.2 Å². The molecule has 144 valence electrons. The van der Waals surface area contributed by atoms with Crippen LogP contribution >= 0.6 is 23.6 Å². The second-order valence-corrected chi connectivity index (χ2v) is 7.84. The predicted octanol–water partition coefficient (Wildman–Crippen LogP) is 4.22. The third-order valence-electron chi connectivity index (χ3n) is 4.64. The molecule has 0 aliphatic carbocycles. The number of amides is 1. The van der Waals surface area contributed by atoms with Gasteiger partial charge in [-0.3, -0.25) is 14.5 Å². The maximum Gasteiger partial charge on any atom is 0.221 e. The van der Waals surface area contributed by atoms with E-state index in [1.54, 1.807) is 11.3 Å². The van der Waals surface area contributed by atoms with Crippen molar-refractivity contribution in [2.45, 2.75) is 25.9 Å². The first-order valence-corrected chi connectivity index (χ1v) is 10.5. The zero-order valence-electron chi connectivity index (χ0n) is 15.3. The summed E-state index contributed by atoms with van der Waals surface area (Å²) < 4.78 is 4.64. The third kappa shape index (κ3) is 4.07. The summed E-state index contributed by atoms with van der Waals surface area (Å²) in [5, 5.41) is 13.3. The first-order chi connectivity index (χ1) is 13.7. The third-order valence-corrected chi connectivity index (χ3v) is 5.82. The summed E-state index contributed by atoms with van der Waals surface area (Å²) in [6.45, 7) is 2.04. The summed E-state index contributed by atoms with van der Waals surface area (Å²) in [6.07, 6.45) is 3.36. The van der Waals surface area contributed by atoms with E-state index in [-0.39, 0.29) is 5.91 Å². The SMILES string of the molecule is O=C(CCn1c(-c2cccs2)n[nH]c1=S)NCCCn1ccc2ccccc21. The van der Waals surface area contributed by atoms with Gasteiger partial charge in [0.05, 0.1) is 4.88 Å². The summed E-state index contributed by atoms with van der Waals surface area (Å²) in [7, 11) is 0. The Labute approximate surface area is 171 Å². The fraction of sp³-hybridized carbons (Fsp3) is 0.250. The Kier molecular flexibility index (Phi) is 5.68. The van der Waals surface area contributed by atoms with Crippen LogP contribution in [0.1, 0.15) is 12.8 Å². The number of benzene rings is 1. The Morgan fingerprint density at radius 1 is 1.18 bits per heavy atom. The van der Waals surface area contributed by atoms with Gasteiger partial charge in [-0.05, 0) is 47.6 Å². The molecule has 0 radical (unpaired) electrons. The maximum absolute atomic E-state index is 12.2. The van der Waals surface area contributed by atoms with Crippen molar-refractivity contribution in [2.75, 3.05) is 6.54 Å². The number of H-pyrrole nitrogens is 1. The summed E-state index contributed by atoms with van der Waals surface area (Å²) in [6, 6.07) is 14.4. The van der Waals surface area contributed by atoms with Gasteiger partial charge >= 0.3 is 0 Å². The van der Waals surface area contributed by atoms with E-state index >= 15 is 0 Å². The molecule has 8 heteroatoms. The van der Waals surface area contributed by atoms with Crippen LogP contribution in [0.5, 0.6) is 0 Å². The fourth-order valence-corrected chi connectivity index (χ4v) is 4.18. The molecule has 3 aromatic heterocycles. The van der Waals surface area contributed by atoms with Crippen LogP contribution < -0.4 is 5.32 Å². The van der Waals surface area contributed by atoms with Crippen LogP contribution in [0, 0.1) is 4.77 Å². The molecule has 0 aliphatic heterocycles. The van der Waals surface area contributed by atoms with Crippen LogP contribution in [-0.4, -0.2) is 31.8 Å². The quantitative estimate of drug-likeness (QED) is 0.337.